The first-order chi connectivity index (χ1) is 15.8. The van der Waals surface area contributed by atoms with Crippen LogP contribution in [0.3, 0.4) is 0 Å². The molecule has 5 aliphatic rings. The van der Waals surface area contributed by atoms with E-state index < -0.39 is 16.1 Å². The van der Waals surface area contributed by atoms with Gasteiger partial charge in [0.05, 0.1) is 4.90 Å². The van der Waals surface area contributed by atoms with E-state index in [9.17, 15) is 18.0 Å². The summed E-state index contributed by atoms with van der Waals surface area (Å²) >= 11 is 0. The van der Waals surface area contributed by atoms with Gasteiger partial charge >= 0.3 is 0 Å². The number of hydrogen-bond donors (Lipinski definition) is 3. The number of nitrogens with one attached hydrogen (secondary N) is 3. The van der Waals surface area contributed by atoms with Crippen LogP contribution in [0.25, 0.3) is 0 Å². The first-order valence-electron chi connectivity index (χ1n) is 11.9. The van der Waals surface area contributed by atoms with Crippen LogP contribution in [0.4, 0.5) is 5.69 Å². The van der Waals surface area contributed by atoms with Gasteiger partial charge in [-0.2, -0.15) is 4.31 Å². The minimum Gasteiger partial charge on any atom is -0.349 e. The maximum Gasteiger partial charge on any atom is 0.247 e. The molecule has 1 heterocycles. The summed E-state index contributed by atoms with van der Waals surface area (Å²) in [6.07, 6.45) is 8.26. The second kappa shape index (κ2) is 8.52. The van der Waals surface area contributed by atoms with Crippen molar-refractivity contribution in [1.82, 2.24) is 14.9 Å². The summed E-state index contributed by atoms with van der Waals surface area (Å²) in [4.78, 5) is 24.8. The van der Waals surface area contributed by atoms with Crippen LogP contribution in [0, 0.1) is 17.8 Å². The molecular formula is C24H32N4O4S. The molecule has 3 N–H and O–H groups in total. The van der Waals surface area contributed by atoms with E-state index >= 15 is 0 Å². The molecule has 4 aliphatic carbocycles. The lowest BCUT2D eigenvalue weighted by atomic mass is 9.53. The van der Waals surface area contributed by atoms with Crippen molar-refractivity contribution < 1.29 is 18.0 Å². The summed E-state index contributed by atoms with van der Waals surface area (Å²) in [5.74, 6) is 1.74. The summed E-state index contributed by atoms with van der Waals surface area (Å²) in [6.45, 7) is 4.23. The minimum atomic E-state index is -3.75. The molecule has 0 aromatic heterocycles. The maximum atomic E-state index is 13.2. The molecule has 1 atom stereocenters. The molecule has 1 saturated heterocycles. The molecule has 1 aromatic carbocycles. The van der Waals surface area contributed by atoms with Crippen LogP contribution in [0.5, 0.6) is 0 Å². The molecule has 9 heteroatoms. The molecule has 2 amide bonds. The largest absolute Gasteiger partial charge is 0.349 e. The van der Waals surface area contributed by atoms with Gasteiger partial charge in [0.1, 0.15) is 6.04 Å². The quantitative estimate of drug-likeness (QED) is 0.548. The second-order valence-corrected chi connectivity index (χ2v) is 12.2. The number of benzene rings is 1. The predicted octanol–water partition coefficient (Wildman–Crippen LogP) is 1.86. The number of hydrogen-bond acceptors (Lipinski definition) is 5. The van der Waals surface area contributed by atoms with E-state index in [2.05, 4.69) is 22.5 Å². The van der Waals surface area contributed by atoms with Gasteiger partial charge in [0, 0.05) is 30.9 Å². The monoisotopic (exact) mass is 472 g/mol. The van der Waals surface area contributed by atoms with E-state index in [1.165, 1.54) is 35.7 Å². The predicted molar refractivity (Wildman–Crippen MR) is 125 cm³/mol. The summed E-state index contributed by atoms with van der Waals surface area (Å²) in [7, 11) is -3.75. The number of sulfonamides is 1. The zero-order valence-electron chi connectivity index (χ0n) is 18.8. The van der Waals surface area contributed by atoms with Gasteiger partial charge in [-0.25, -0.2) is 8.42 Å². The van der Waals surface area contributed by atoms with Gasteiger partial charge in [0.15, 0.2) is 0 Å². The lowest BCUT2D eigenvalue weighted by Crippen LogP contribution is -2.65. The number of nitrogens with zero attached hydrogens (tertiary/aromatic N) is 1. The topological polar surface area (TPSA) is 108 Å². The SMILES string of the molecule is C=CC(=O)Nc1ccc(S(=O)(=O)N2CCNC(C(=O)NC34CC5CC(CC(C5)C3)C4)C2)cc1. The van der Waals surface area contributed by atoms with Crippen molar-refractivity contribution in [3.63, 3.8) is 0 Å². The highest BCUT2D eigenvalue weighted by Crippen LogP contribution is 2.55. The Kier molecular flexibility index (Phi) is 5.83. The van der Waals surface area contributed by atoms with Crippen LogP contribution in [0.1, 0.15) is 38.5 Å². The fourth-order valence-corrected chi connectivity index (χ4v) is 8.24. The fraction of sp³-hybridized carbons (Fsp3) is 0.583. The van der Waals surface area contributed by atoms with Gasteiger partial charge in [-0.05, 0) is 86.6 Å². The smallest absolute Gasteiger partial charge is 0.247 e. The molecule has 1 unspecified atom stereocenters. The normalized spacial score (nSPS) is 33.5. The highest BCUT2D eigenvalue weighted by molar-refractivity contribution is 7.89. The molecular weight excluding hydrogens is 440 g/mol. The number of carbonyl (C=O) groups is 2. The van der Waals surface area contributed by atoms with E-state index in [4.69, 9.17) is 0 Å². The van der Waals surface area contributed by atoms with Crippen molar-refractivity contribution in [3.05, 3.63) is 36.9 Å². The average Bonchev–Trinajstić information content (AvgIpc) is 2.78. The van der Waals surface area contributed by atoms with Gasteiger partial charge in [-0.1, -0.05) is 6.58 Å². The van der Waals surface area contributed by atoms with Crippen molar-refractivity contribution in [1.29, 1.82) is 0 Å². The van der Waals surface area contributed by atoms with Crippen molar-refractivity contribution in [2.75, 3.05) is 25.0 Å². The summed E-state index contributed by atoms with van der Waals surface area (Å²) < 4.78 is 27.8. The first kappa shape index (κ1) is 22.6. The van der Waals surface area contributed by atoms with Crippen LogP contribution in [0.15, 0.2) is 41.8 Å². The van der Waals surface area contributed by atoms with Crippen molar-refractivity contribution in [2.45, 2.75) is 55.0 Å². The molecule has 1 aromatic rings. The molecule has 0 radical (unpaired) electrons. The molecule has 33 heavy (non-hydrogen) atoms. The molecule has 0 spiro atoms. The van der Waals surface area contributed by atoms with E-state index in [1.54, 1.807) is 12.1 Å². The average molecular weight is 473 g/mol. The van der Waals surface area contributed by atoms with Crippen LogP contribution in [0.2, 0.25) is 0 Å². The van der Waals surface area contributed by atoms with Crippen molar-refractivity contribution in [3.8, 4) is 0 Å². The Labute approximate surface area is 195 Å². The number of carbonyl (C=O) groups excluding carboxylic acids is 2. The van der Waals surface area contributed by atoms with Gasteiger partial charge in [-0.15, -0.1) is 0 Å². The first-order valence-corrected chi connectivity index (χ1v) is 13.3. The number of rotatable bonds is 6. The van der Waals surface area contributed by atoms with E-state index in [0.717, 1.165) is 43.1 Å². The Morgan fingerprint density at radius 1 is 1.06 bits per heavy atom. The Balaban J connectivity index is 1.25. The third kappa shape index (κ3) is 4.46. The van der Waals surface area contributed by atoms with Gasteiger partial charge in [-0.3, -0.25) is 9.59 Å². The zero-order chi connectivity index (χ0) is 23.2. The summed E-state index contributed by atoms with van der Waals surface area (Å²) in [5, 5.41) is 9.19. The van der Waals surface area contributed by atoms with Gasteiger partial charge in [0.2, 0.25) is 21.8 Å². The highest BCUT2D eigenvalue weighted by atomic mass is 32.2. The Bertz CT molecular complexity index is 1020. The minimum absolute atomic E-state index is 0.0839. The number of piperazine rings is 1. The summed E-state index contributed by atoms with van der Waals surface area (Å²) in [6, 6.07) is 5.48. The van der Waals surface area contributed by atoms with Crippen LogP contribution in [-0.2, 0) is 19.6 Å². The van der Waals surface area contributed by atoms with Gasteiger partial charge in [0.25, 0.3) is 0 Å². The molecule has 5 fully saturated rings. The Morgan fingerprint density at radius 2 is 1.67 bits per heavy atom. The summed E-state index contributed by atoms with van der Waals surface area (Å²) in [5.41, 5.74) is 0.396. The zero-order valence-corrected chi connectivity index (χ0v) is 19.6. The fourth-order valence-electron chi connectivity index (χ4n) is 6.78. The van der Waals surface area contributed by atoms with E-state index in [0.29, 0.717) is 18.8 Å². The lowest BCUT2D eigenvalue weighted by Gasteiger charge is -2.57. The lowest BCUT2D eigenvalue weighted by molar-refractivity contribution is -0.129. The van der Waals surface area contributed by atoms with Crippen LogP contribution < -0.4 is 16.0 Å². The molecule has 1 aliphatic heterocycles. The molecule has 6 rings (SSSR count). The van der Waals surface area contributed by atoms with Crippen molar-refractivity contribution in [2.24, 2.45) is 17.8 Å². The number of anilines is 1. The third-order valence-electron chi connectivity index (χ3n) is 7.83. The molecule has 4 saturated carbocycles. The highest BCUT2D eigenvalue weighted by Gasteiger charge is 2.52. The standard InChI is InChI=1S/C24H32N4O4S/c1-2-22(29)26-19-3-5-20(6-4-19)33(31,32)28-8-7-25-21(15-28)23(30)27-24-12-16-9-17(13-24)11-18(10-16)14-24/h2-6,16-18,21,25H,1,7-15H2,(H,26,29)(H,27,30). The van der Waals surface area contributed by atoms with Crippen LogP contribution >= 0.6 is 0 Å². The van der Waals surface area contributed by atoms with Crippen LogP contribution in [-0.4, -0.2) is 55.8 Å². The van der Waals surface area contributed by atoms with Gasteiger partial charge < -0.3 is 16.0 Å². The Hall–Kier alpha value is -2.23. The molecule has 178 valence electrons. The van der Waals surface area contributed by atoms with E-state index in [1.807, 2.05) is 0 Å². The maximum absolute atomic E-state index is 13.2. The van der Waals surface area contributed by atoms with E-state index in [-0.39, 0.29) is 28.8 Å². The number of amides is 2. The second-order valence-electron chi connectivity index (χ2n) is 10.3. The Morgan fingerprint density at radius 3 is 2.24 bits per heavy atom. The molecule has 4 bridgehead atoms. The van der Waals surface area contributed by atoms with Crippen molar-refractivity contribution >= 4 is 27.5 Å². The molecule has 8 nitrogen and oxygen atoms in total. The third-order valence-corrected chi connectivity index (χ3v) is 9.71.